The van der Waals surface area contributed by atoms with Crippen molar-refractivity contribution >= 4 is 0 Å². The van der Waals surface area contributed by atoms with E-state index in [-0.39, 0.29) is 11.5 Å². The fourth-order valence-corrected chi connectivity index (χ4v) is 3.42. The van der Waals surface area contributed by atoms with E-state index in [4.69, 9.17) is 4.74 Å². The highest BCUT2D eigenvalue weighted by Crippen LogP contribution is 2.50. The molecule has 16 heavy (non-hydrogen) atoms. The lowest BCUT2D eigenvalue weighted by Crippen LogP contribution is -2.41. The Balaban J connectivity index is 2.29. The quantitative estimate of drug-likeness (QED) is 0.728. The van der Waals surface area contributed by atoms with Crippen LogP contribution in [-0.4, -0.2) is 17.5 Å². The Hall–Kier alpha value is -0.600. The van der Waals surface area contributed by atoms with Crippen LogP contribution >= 0.6 is 0 Å². The smallest absolute Gasteiger partial charge is 0.156 e. The topological polar surface area (TPSA) is 29.5 Å². The van der Waals surface area contributed by atoms with Gasteiger partial charge in [0.25, 0.3) is 0 Å². The second-order valence-electron chi connectivity index (χ2n) is 5.78. The molecule has 2 nitrogen and oxygen atoms in total. The van der Waals surface area contributed by atoms with Gasteiger partial charge in [0.1, 0.15) is 0 Å². The highest BCUT2D eigenvalue weighted by molar-refractivity contribution is 5.32. The number of rotatable bonds is 2. The van der Waals surface area contributed by atoms with E-state index in [0.29, 0.717) is 12.3 Å². The van der Waals surface area contributed by atoms with Crippen LogP contribution in [0.2, 0.25) is 0 Å². The van der Waals surface area contributed by atoms with Gasteiger partial charge in [0, 0.05) is 6.42 Å². The Kier molecular flexibility index (Phi) is 2.97. The van der Waals surface area contributed by atoms with Gasteiger partial charge in [0.2, 0.25) is 0 Å². The van der Waals surface area contributed by atoms with Crippen LogP contribution in [0.5, 0.6) is 0 Å². The Bertz CT molecular complexity index is 328. The number of aliphatic hydroxyl groups excluding tert-OH is 1. The molecule has 1 N–H and O–H groups in total. The van der Waals surface area contributed by atoms with Gasteiger partial charge in [-0.2, -0.15) is 0 Å². The molecule has 0 radical (unpaired) electrons. The lowest BCUT2D eigenvalue weighted by atomic mass is 9.75. The molecule has 3 atom stereocenters. The van der Waals surface area contributed by atoms with Crippen molar-refractivity contribution < 1.29 is 9.84 Å². The first-order chi connectivity index (χ1) is 7.45. The second kappa shape index (κ2) is 4.01. The van der Waals surface area contributed by atoms with E-state index in [1.807, 2.05) is 6.08 Å². The van der Waals surface area contributed by atoms with E-state index >= 15 is 0 Å². The average molecular weight is 222 g/mol. The maximum atomic E-state index is 9.79. The van der Waals surface area contributed by atoms with Crippen LogP contribution in [0.15, 0.2) is 23.8 Å². The van der Waals surface area contributed by atoms with E-state index in [2.05, 4.69) is 27.4 Å². The Morgan fingerprint density at radius 2 is 2.25 bits per heavy atom. The third kappa shape index (κ3) is 1.85. The molecule has 2 heteroatoms. The van der Waals surface area contributed by atoms with Crippen LogP contribution in [0.1, 0.15) is 40.0 Å². The molecule has 2 rings (SSSR count). The molecule has 2 aliphatic rings. The zero-order valence-electron chi connectivity index (χ0n) is 10.5. The number of ether oxygens (including phenoxy) is 1. The molecule has 0 aromatic rings. The van der Waals surface area contributed by atoms with E-state index in [1.54, 1.807) is 0 Å². The monoisotopic (exact) mass is 222 g/mol. The van der Waals surface area contributed by atoms with Crippen molar-refractivity contribution in [3.63, 3.8) is 0 Å². The van der Waals surface area contributed by atoms with E-state index in [9.17, 15) is 5.11 Å². The first-order valence-electron chi connectivity index (χ1n) is 6.10. The van der Waals surface area contributed by atoms with Gasteiger partial charge in [-0.05, 0) is 36.7 Å². The summed E-state index contributed by atoms with van der Waals surface area (Å²) in [5.41, 5.74) is 2.95. The zero-order valence-corrected chi connectivity index (χ0v) is 10.5. The number of allylic oxidation sites excluding steroid dienone is 2. The summed E-state index contributed by atoms with van der Waals surface area (Å²) in [5.74, 6) is 0.474. The molecule has 0 aromatic carbocycles. The number of hydrogen-bond acceptors (Lipinski definition) is 2. The molecule has 0 bridgehead atoms. The molecule has 0 amide bonds. The van der Waals surface area contributed by atoms with E-state index < -0.39 is 6.29 Å². The summed E-state index contributed by atoms with van der Waals surface area (Å²) < 4.78 is 5.73. The van der Waals surface area contributed by atoms with Gasteiger partial charge < -0.3 is 9.84 Å². The van der Waals surface area contributed by atoms with Crippen molar-refractivity contribution in [2.75, 3.05) is 0 Å². The SMILES string of the molecule is C=CC[C@H]1CC(C)=C2[C@H]1OC(O)CC2(C)C. The molecule has 0 saturated carbocycles. The van der Waals surface area contributed by atoms with Crippen LogP contribution in [-0.2, 0) is 4.74 Å². The molecular formula is C14H22O2. The van der Waals surface area contributed by atoms with Crippen LogP contribution in [0.25, 0.3) is 0 Å². The lowest BCUT2D eigenvalue weighted by Gasteiger charge is -2.41. The Morgan fingerprint density at radius 1 is 1.56 bits per heavy atom. The summed E-state index contributed by atoms with van der Waals surface area (Å²) in [7, 11) is 0. The van der Waals surface area contributed by atoms with Crippen LogP contribution in [0, 0.1) is 11.3 Å². The summed E-state index contributed by atoms with van der Waals surface area (Å²) in [5, 5.41) is 9.79. The number of fused-ring (bicyclic) bond motifs is 1. The minimum absolute atomic E-state index is 0.0718. The van der Waals surface area contributed by atoms with Crippen molar-refractivity contribution in [3.05, 3.63) is 23.8 Å². The minimum atomic E-state index is -0.609. The second-order valence-corrected chi connectivity index (χ2v) is 5.78. The fourth-order valence-electron chi connectivity index (χ4n) is 3.42. The normalized spacial score (nSPS) is 37.4. The fraction of sp³-hybridized carbons (Fsp3) is 0.714. The van der Waals surface area contributed by atoms with Crippen LogP contribution < -0.4 is 0 Å². The van der Waals surface area contributed by atoms with Crippen molar-refractivity contribution in [2.24, 2.45) is 11.3 Å². The van der Waals surface area contributed by atoms with Gasteiger partial charge in [0.15, 0.2) is 6.29 Å². The molecule has 1 unspecified atom stereocenters. The van der Waals surface area contributed by atoms with Gasteiger partial charge in [-0.1, -0.05) is 25.5 Å². The predicted molar refractivity (Wildman–Crippen MR) is 64.9 cm³/mol. The molecule has 1 heterocycles. The average Bonchev–Trinajstić information content (AvgIpc) is 2.42. The van der Waals surface area contributed by atoms with Crippen molar-refractivity contribution in [1.82, 2.24) is 0 Å². The molecule has 1 fully saturated rings. The zero-order chi connectivity index (χ0) is 11.9. The molecule has 90 valence electrons. The summed E-state index contributed by atoms with van der Waals surface area (Å²) in [4.78, 5) is 0. The molecule has 1 aliphatic heterocycles. The molecule has 1 aliphatic carbocycles. The standard InChI is InChI=1S/C14H22O2/c1-5-6-10-7-9(2)12-13(10)16-11(15)8-14(12,3)4/h5,10-11,13,15H,1,6-8H2,2-4H3/t10-,11?,13-/m0/s1. The third-order valence-electron chi connectivity index (χ3n) is 3.93. The summed E-state index contributed by atoms with van der Waals surface area (Å²) in [6.45, 7) is 10.4. The summed E-state index contributed by atoms with van der Waals surface area (Å²) in [6.07, 6.45) is 4.21. The molecular weight excluding hydrogens is 200 g/mol. The molecule has 0 aromatic heterocycles. The van der Waals surface area contributed by atoms with Crippen LogP contribution in [0.4, 0.5) is 0 Å². The largest absolute Gasteiger partial charge is 0.368 e. The van der Waals surface area contributed by atoms with Crippen molar-refractivity contribution in [1.29, 1.82) is 0 Å². The maximum absolute atomic E-state index is 9.79. The van der Waals surface area contributed by atoms with Gasteiger partial charge >= 0.3 is 0 Å². The highest BCUT2D eigenvalue weighted by atomic mass is 16.6. The van der Waals surface area contributed by atoms with E-state index in [1.165, 1.54) is 11.1 Å². The Morgan fingerprint density at radius 3 is 2.88 bits per heavy atom. The summed E-state index contributed by atoms with van der Waals surface area (Å²) >= 11 is 0. The van der Waals surface area contributed by atoms with Gasteiger partial charge in [-0.25, -0.2) is 0 Å². The first kappa shape index (κ1) is 11.9. The van der Waals surface area contributed by atoms with Gasteiger partial charge in [-0.15, -0.1) is 6.58 Å². The Labute approximate surface area is 98.0 Å². The number of hydrogen-bond donors (Lipinski definition) is 1. The maximum Gasteiger partial charge on any atom is 0.156 e. The molecule has 0 spiro atoms. The van der Waals surface area contributed by atoms with Crippen molar-refractivity contribution in [2.45, 2.75) is 52.4 Å². The highest BCUT2D eigenvalue weighted by Gasteiger charge is 2.46. The van der Waals surface area contributed by atoms with Gasteiger partial charge in [-0.3, -0.25) is 0 Å². The first-order valence-corrected chi connectivity index (χ1v) is 6.10. The summed E-state index contributed by atoms with van der Waals surface area (Å²) in [6, 6.07) is 0. The molecule has 1 saturated heterocycles. The van der Waals surface area contributed by atoms with E-state index in [0.717, 1.165) is 12.8 Å². The minimum Gasteiger partial charge on any atom is -0.368 e. The third-order valence-corrected chi connectivity index (χ3v) is 3.93. The number of aliphatic hydroxyl groups is 1. The predicted octanol–water partition coefficient (Wildman–Crippen LogP) is 3.03. The van der Waals surface area contributed by atoms with Crippen molar-refractivity contribution in [3.8, 4) is 0 Å². The lowest BCUT2D eigenvalue weighted by molar-refractivity contribution is -0.174. The van der Waals surface area contributed by atoms with Gasteiger partial charge in [0.05, 0.1) is 6.10 Å². The van der Waals surface area contributed by atoms with Crippen LogP contribution in [0.3, 0.4) is 0 Å².